The molecular weight excluding hydrogens is 443 g/mol. The lowest BCUT2D eigenvalue weighted by molar-refractivity contribution is -0.134. The standard InChI is InChI=1S/C19H36N4O2.HI/c1-4-20-19(22-14-10-17(11-15-22)25-5-2)21-12-9-18(24)23-13-7-6-8-16(23)3;/h16-17H,4-15H2,1-3H3,(H,20,21);1H. The number of rotatable bonds is 6. The van der Waals surface area contributed by atoms with Crippen molar-refractivity contribution in [3.63, 3.8) is 0 Å². The second-order valence-electron chi connectivity index (χ2n) is 7.06. The van der Waals surface area contributed by atoms with Gasteiger partial charge in [-0.25, -0.2) is 0 Å². The van der Waals surface area contributed by atoms with Crippen molar-refractivity contribution in [2.75, 3.05) is 39.3 Å². The fourth-order valence-corrected chi connectivity index (χ4v) is 3.77. The van der Waals surface area contributed by atoms with E-state index in [4.69, 9.17) is 9.73 Å². The Labute approximate surface area is 176 Å². The second kappa shape index (κ2) is 12.8. The molecule has 2 aliphatic rings. The number of aliphatic imine (C=N–C) groups is 1. The molecule has 2 saturated heterocycles. The largest absolute Gasteiger partial charge is 0.378 e. The van der Waals surface area contributed by atoms with Crippen LogP contribution in [0.1, 0.15) is 59.3 Å². The van der Waals surface area contributed by atoms with Crippen LogP contribution in [0.4, 0.5) is 0 Å². The van der Waals surface area contributed by atoms with Gasteiger partial charge in [0.25, 0.3) is 0 Å². The van der Waals surface area contributed by atoms with Gasteiger partial charge in [0.05, 0.1) is 12.6 Å². The number of hydrogen-bond donors (Lipinski definition) is 1. The van der Waals surface area contributed by atoms with Crippen molar-refractivity contribution < 1.29 is 9.53 Å². The van der Waals surface area contributed by atoms with Crippen molar-refractivity contribution in [3.05, 3.63) is 0 Å². The van der Waals surface area contributed by atoms with Crippen molar-refractivity contribution in [1.82, 2.24) is 15.1 Å². The molecule has 0 aromatic rings. The van der Waals surface area contributed by atoms with E-state index in [1.807, 2.05) is 4.90 Å². The SMILES string of the molecule is CCNC(=NCCC(=O)N1CCCCC1C)N1CCC(OCC)CC1.I. The minimum atomic E-state index is 0. The first-order valence-electron chi connectivity index (χ1n) is 10.1. The number of amides is 1. The van der Waals surface area contributed by atoms with Gasteiger partial charge in [0, 0.05) is 45.2 Å². The molecule has 2 rings (SSSR count). The van der Waals surface area contributed by atoms with Crippen LogP contribution in [0.3, 0.4) is 0 Å². The third kappa shape index (κ3) is 7.21. The van der Waals surface area contributed by atoms with E-state index in [-0.39, 0.29) is 29.9 Å². The Hall–Kier alpha value is -0.570. The Kier molecular flexibility index (Phi) is 11.5. The normalized spacial score (nSPS) is 22.1. The zero-order chi connectivity index (χ0) is 18.1. The molecule has 0 bridgehead atoms. The zero-order valence-corrected chi connectivity index (χ0v) is 19.0. The Balaban J connectivity index is 0.00000338. The maximum Gasteiger partial charge on any atom is 0.224 e. The van der Waals surface area contributed by atoms with Gasteiger partial charge in [-0.15, -0.1) is 24.0 Å². The highest BCUT2D eigenvalue weighted by atomic mass is 127. The number of ether oxygens (including phenoxy) is 1. The summed E-state index contributed by atoms with van der Waals surface area (Å²) in [6, 6.07) is 0.385. The van der Waals surface area contributed by atoms with Gasteiger partial charge in [-0.3, -0.25) is 9.79 Å². The average molecular weight is 480 g/mol. The molecule has 1 N–H and O–H groups in total. The maximum absolute atomic E-state index is 12.4. The van der Waals surface area contributed by atoms with E-state index < -0.39 is 0 Å². The van der Waals surface area contributed by atoms with Crippen molar-refractivity contribution in [3.8, 4) is 0 Å². The predicted molar refractivity (Wildman–Crippen MR) is 117 cm³/mol. The topological polar surface area (TPSA) is 57.2 Å². The van der Waals surface area contributed by atoms with Crippen molar-refractivity contribution in [1.29, 1.82) is 0 Å². The number of nitrogens with one attached hydrogen (secondary N) is 1. The lowest BCUT2D eigenvalue weighted by Crippen LogP contribution is -2.47. The summed E-state index contributed by atoms with van der Waals surface area (Å²) in [7, 11) is 0. The van der Waals surface area contributed by atoms with E-state index in [2.05, 4.69) is 31.0 Å². The molecule has 152 valence electrons. The lowest BCUT2D eigenvalue weighted by atomic mass is 10.0. The van der Waals surface area contributed by atoms with E-state index in [0.717, 1.165) is 64.4 Å². The van der Waals surface area contributed by atoms with Gasteiger partial charge in [-0.05, 0) is 52.9 Å². The van der Waals surface area contributed by atoms with Crippen LogP contribution >= 0.6 is 24.0 Å². The first kappa shape index (κ1) is 23.5. The highest BCUT2D eigenvalue weighted by Crippen LogP contribution is 2.17. The number of carbonyl (C=O) groups is 1. The zero-order valence-electron chi connectivity index (χ0n) is 16.7. The molecule has 1 unspecified atom stereocenters. The van der Waals surface area contributed by atoms with Crippen LogP contribution in [0.15, 0.2) is 4.99 Å². The molecule has 26 heavy (non-hydrogen) atoms. The predicted octanol–water partition coefficient (Wildman–Crippen LogP) is 2.86. The van der Waals surface area contributed by atoms with Crippen molar-refractivity contribution >= 4 is 35.8 Å². The third-order valence-corrected chi connectivity index (χ3v) is 5.19. The Morgan fingerprint density at radius 3 is 2.50 bits per heavy atom. The van der Waals surface area contributed by atoms with Crippen LogP contribution in [-0.2, 0) is 9.53 Å². The van der Waals surface area contributed by atoms with Gasteiger partial charge < -0.3 is 19.9 Å². The summed E-state index contributed by atoms with van der Waals surface area (Å²) in [5.74, 6) is 1.19. The molecule has 1 amide bonds. The number of nitrogens with zero attached hydrogens (tertiary/aromatic N) is 3. The van der Waals surface area contributed by atoms with E-state index in [1.165, 1.54) is 6.42 Å². The average Bonchev–Trinajstić information content (AvgIpc) is 2.62. The number of halogens is 1. The quantitative estimate of drug-likeness (QED) is 0.361. The van der Waals surface area contributed by atoms with Crippen LogP contribution in [0.25, 0.3) is 0 Å². The molecule has 0 aliphatic carbocycles. The molecule has 2 aliphatic heterocycles. The monoisotopic (exact) mass is 480 g/mol. The minimum Gasteiger partial charge on any atom is -0.378 e. The fourth-order valence-electron chi connectivity index (χ4n) is 3.77. The molecule has 0 aromatic heterocycles. The van der Waals surface area contributed by atoms with Crippen molar-refractivity contribution in [2.24, 2.45) is 4.99 Å². The van der Waals surface area contributed by atoms with Gasteiger partial charge in [0.2, 0.25) is 5.91 Å². The molecule has 2 heterocycles. The summed E-state index contributed by atoms with van der Waals surface area (Å²) in [6.45, 7) is 11.3. The lowest BCUT2D eigenvalue weighted by Gasteiger charge is -2.34. The number of guanidine groups is 1. The summed E-state index contributed by atoms with van der Waals surface area (Å²) < 4.78 is 5.72. The van der Waals surface area contributed by atoms with Gasteiger partial charge >= 0.3 is 0 Å². The Bertz CT molecular complexity index is 439. The number of hydrogen-bond acceptors (Lipinski definition) is 3. The van der Waals surface area contributed by atoms with Gasteiger partial charge in [0.15, 0.2) is 5.96 Å². The molecular formula is C19H37IN4O2. The van der Waals surface area contributed by atoms with Crippen molar-refractivity contribution in [2.45, 2.75) is 71.4 Å². The number of piperidine rings is 2. The molecule has 0 radical (unpaired) electrons. The summed E-state index contributed by atoms with van der Waals surface area (Å²) in [4.78, 5) is 21.5. The molecule has 2 fully saturated rings. The van der Waals surface area contributed by atoms with Gasteiger partial charge in [0.1, 0.15) is 0 Å². The number of likely N-dealkylation sites (tertiary alicyclic amines) is 2. The van der Waals surface area contributed by atoms with Crippen LogP contribution in [-0.4, -0.2) is 73.1 Å². The molecule has 0 spiro atoms. The Morgan fingerprint density at radius 1 is 1.15 bits per heavy atom. The summed E-state index contributed by atoms with van der Waals surface area (Å²) in [6.07, 6.45) is 6.49. The van der Waals surface area contributed by atoms with E-state index in [9.17, 15) is 4.79 Å². The first-order valence-corrected chi connectivity index (χ1v) is 10.1. The fraction of sp³-hybridized carbons (Fsp3) is 0.895. The Morgan fingerprint density at radius 2 is 1.88 bits per heavy atom. The summed E-state index contributed by atoms with van der Waals surface area (Å²) >= 11 is 0. The van der Waals surface area contributed by atoms with E-state index >= 15 is 0 Å². The molecule has 0 saturated carbocycles. The summed E-state index contributed by atoms with van der Waals surface area (Å²) in [5.41, 5.74) is 0. The minimum absolute atomic E-state index is 0. The van der Waals surface area contributed by atoms with E-state index in [1.54, 1.807) is 0 Å². The van der Waals surface area contributed by atoms with Crippen LogP contribution in [0, 0.1) is 0 Å². The van der Waals surface area contributed by atoms with E-state index in [0.29, 0.717) is 25.1 Å². The summed E-state index contributed by atoms with van der Waals surface area (Å²) in [5, 5.41) is 3.37. The number of carbonyl (C=O) groups excluding carboxylic acids is 1. The highest BCUT2D eigenvalue weighted by molar-refractivity contribution is 14.0. The molecule has 1 atom stereocenters. The smallest absolute Gasteiger partial charge is 0.224 e. The maximum atomic E-state index is 12.4. The first-order chi connectivity index (χ1) is 12.2. The van der Waals surface area contributed by atoms with Gasteiger partial charge in [-0.2, -0.15) is 0 Å². The van der Waals surface area contributed by atoms with Gasteiger partial charge in [-0.1, -0.05) is 0 Å². The second-order valence-corrected chi connectivity index (χ2v) is 7.06. The third-order valence-electron chi connectivity index (χ3n) is 5.19. The molecule has 7 heteroatoms. The van der Waals surface area contributed by atoms with Crippen LogP contribution in [0.5, 0.6) is 0 Å². The molecule has 6 nitrogen and oxygen atoms in total. The van der Waals surface area contributed by atoms with Crippen LogP contribution in [0.2, 0.25) is 0 Å². The van der Waals surface area contributed by atoms with Crippen LogP contribution < -0.4 is 5.32 Å². The highest BCUT2D eigenvalue weighted by Gasteiger charge is 2.23. The molecule has 0 aromatic carbocycles.